The van der Waals surface area contributed by atoms with E-state index >= 15 is 0 Å². The largest absolute Gasteiger partial charge is 0.358 e. The predicted molar refractivity (Wildman–Crippen MR) is 95.1 cm³/mol. The van der Waals surface area contributed by atoms with Gasteiger partial charge in [-0.1, -0.05) is 18.1 Å². The number of carbonyl (C=O) groups excluding carboxylic acids is 2. The molecule has 0 spiro atoms. The Bertz CT molecular complexity index is 925. The van der Waals surface area contributed by atoms with Crippen molar-refractivity contribution in [2.45, 2.75) is 37.8 Å². The highest BCUT2D eigenvalue weighted by Gasteiger charge is 2.24. The van der Waals surface area contributed by atoms with E-state index in [1.165, 1.54) is 31.3 Å². The molecule has 1 aromatic carbocycles. The van der Waals surface area contributed by atoms with Gasteiger partial charge in [0.05, 0.1) is 11.4 Å². The summed E-state index contributed by atoms with van der Waals surface area (Å²) >= 11 is 0. The maximum atomic E-state index is 12.5. The SMILES string of the molecule is CCC(NS(=O)(=O)c1cccc(C(=O)NCc2noc(C)n2)c1)C(=O)NC. The molecule has 0 fully saturated rings. The molecular weight excluding hydrogens is 374 g/mol. The van der Waals surface area contributed by atoms with Crippen molar-refractivity contribution in [2.24, 2.45) is 0 Å². The molecule has 1 atom stereocenters. The van der Waals surface area contributed by atoms with Gasteiger partial charge in [-0.15, -0.1) is 0 Å². The van der Waals surface area contributed by atoms with E-state index in [4.69, 9.17) is 4.52 Å². The number of hydrogen-bond acceptors (Lipinski definition) is 7. The zero-order valence-electron chi connectivity index (χ0n) is 15.1. The Kier molecular flexibility index (Phi) is 6.64. The first-order valence-electron chi connectivity index (χ1n) is 8.18. The van der Waals surface area contributed by atoms with Crippen LogP contribution in [0.4, 0.5) is 0 Å². The van der Waals surface area contributed by atoms with Crippen LogP contribution in [0.1, 0.15) is 35.4 Å². The van der Waals surface area contributed by atoms with Gasteiger partial charge in [0.2, 0.25) is 21.8 Å². The minimum Gasteiger partial charge on any atom is -0.358 e. The molecule has 11 heteroatoms. The lowest BCUT2D eigenvalue weighted by Gasteiger charge is -2.16. The molecule has 2 rings (SSSR count). The fraction of sp³-hybridized carbons (Fsp3) is 0.375. The van der Waals surface area contributed by atoms with E-state index in [-0.39, 0.29) is 23.4 Å². The molecule has 146 valence electrons. The van der Waals surface area contributed by atoms with E-state index in [9.17, 15) is 18.0 Å². The highest BCUT2D eigenvalue weighted by atomic mass is 32.2. The molecule has 0 radical (unpaired) electrons. The first kappa shape index (κ1) is 20.5. The zero-order chi connectivity index (χ0) is 20.0. The number of hydrogen-bond donors (Lipinski definition) is 3. The highest BCUT2D eigenvalue weighted by molar-refractivity contribution is 7.89. The van der Waals surface area contributed by atoms with Crippen molar-refractivity contribution < 1.29 is 22.5 Å². The van der Waals surface area contributed by atoms with Crippen molar-refractivity contribution >= 4 is 21.8 Å². The second-order valence-electron chi connectivity index (χ2n) is 5.64. The summed E-state index contributed by atoms with van der Waals surface area (Å²) in [6.07, 6.45) is 0.281. The molecule has 0 aliphatic carbocycles. The van der Waals surface area contributed by atoms with E-state index in [0.29, 0.717) is 11.7 Å². The lowest BCUT2D eigenvalue weighted by molar-refractivity contribution is -0.122. The van der Waals surface area contributed by atoms with Crippen LogP contribution in [0.25, 0.3) is 0 Å². The van der Waals surface area contributed by atoms with Crippen LogP contribution in [-0.4, -0.2) is 43.5 Å². The van der Waals surface area contributed by atoms with E-state index < -0.39 is 27.9 Å². The molecule has 10 nitrogen and oxygen atoms in total. The van der Waals surface area contributed by atoms with Crippen molar-refractivity contribution in [1.82, 2.24) is 25.5 Å². The summed E-state index contributed by atoms with van der Waals surface area (Å²) in [5.41, 5.74) is 0.145. The number of amides is 2. The average Bonchev–Trinajstić information content (AvgIpc) is 3.08. The first-order chi connectivity index (χ1) is 12.8. The summed E-state index contributed by atoms with van der Waals surface area (Å²) in [5.74, 6) is -0.249. The second kappa shape index (κ2) is 8.73. The molecule has 0 bridgehead atoms. The predicted octanol–water partition coefficient (Wildman–Crippen LogP) is 0.111. The Balaban J connectivity index is 2.13. The third-order valence-electron chi connectivity index (χ3n) is 3.65. The van der Waals surface area contributed by atoms with Gasteiger partial charge in [0.15, 0.2) is 5.82 Å². The van der Waals surface area contributed by atoms with Crippen molar-refractivity contribution in [3.63, 3.8) is 0 Å². The molecule has 1 aromatic heterocycles. The standard InChI is InChI=1S/C16H21N5O5S/c1-4-13(16(23)17-3)21-27(24,25)12-7-5-6-11(8-12)15(22)18-9-14-19-10(2)26-20-14/h5-8,13,21H,4,9H2,1-3H3,(H,17,23)(H,18,22). The number of nitrogens with zero attached hydrogens (tertiary/aromatic N) is 2. The van der Waals surface area contributed by atoms with E-state index in [1.54, 1.807) is 13.8 Å². The molecule has 0 saturated carbocycles. The molecule has 1 unspecified atom stereocenters. The second-order valence-corrected chi connectivity index (χ2v) is 7.35. The fourth-order valence-corrected chi connectivity index (χ4v) is 3.56. The Labute approximate surface area is 156 Å². The average molecular weight is 395 g/mol. The summed E-state index contributed by atoms with van der Waals surface area (Å²) in [7, 11) is -2.55. The number of carbonyl (C=O) groups is 2. The summed E-state index contributed by atoms with van der Waals surface area (Å²) < 4.78 is 32.2. The maximum absolute atomic E-state index is 12.5. The van der Waals surface area contributed by atoms with E-state index in [0.717, 1.165) is 0 Å². The number of nitrogens with one attached hydrogen (secondary N) is 3. The van der Waals surface area contributed by atoms with Crippen LogP contribution in [0.3, 0.4) is 0 Å². The van der Waals surface area contributed by atoms with Crippen LogP contribution in [0.2, 0.25) is 0 Å². The molecule has 0 aliphatic heterocycles. The van der Waals surface area contributed by atoms with Gasteiger partial charge < -0.3 is 15.2 Å². The quantitative estimate of drug-likeness (QED) is 0.575. The van der Waals surface area contributed by atoms with Gasteiger partial charge in [-0.05, 0) is 24.6 Å². The molecule has 0 saturated heterocycles. The summed E-state index contributed by atoms with van der Waals surface area (Å²) in [6, 6.07) is 4.60. The van der Waals surface area contributed by atoms with Crippen molar-refractivity contribution in [3.05, 3.63) is 41.5 Å². The molecular formula is C16H21N5O5S. The molecule has 1 heterocycles. The van der Waals surface area contributed by atoms with Crippen molar-refractivity contribution in [1.29, 1.82) is 0 Å². The van der Waals surface area contributed by atoms with E-state index in [2.05, 4.69) is 25.5 Å². The fourth-order valence-electron chi connectivity index (χ4n) is 2.23. The molecule has 0 aliphatic rings. The number of sulfonamides is 1. The third-order valence-corrected chi connectivity index (χ3v) is 5.12. The number of rotatable bonds is 8. The number of aromatic nitrogens is 2. The van der Waals surface area contributed by atoms with Gasteiger partial charge in [0.25, 0.3) is 5.91 Å². The van der Waals surface area contributed by atoms with Gasteiger partial charge >= 0.3 is 0 Å². The lowest BCUT2D eigenvalue weighted by Crippen LogP contribution is -2.45. The van der Waals surface area contributed by atoms with Crippen LogP contribution in [0.15, 0.2) is 33.7 Å². The number of aryl methyl sites for hydroxylation is 1. The minimum absolute atomic E-state index is 0.0416. The minimum atomic E-state index is -3.98. The molecule has 27 heavy (non-hydrogen) atoms. The van der Waals surface area contributed by atoms with Gasteiger partial charge in [0.1, 0.15) is 6.04 Å². The van der Waals surface area contributed by atoms with Gasteiger partial charge in [-0.25, -0.2) is 8.42 Å². The van der Waals surface area contributed by atoms with Crippen molar-refractivity contribution in [3.8, 4) is 0 Å². The molecule has 3 N–H and O–H groups in total. The Morgan fingerprint density at radius 1 is 1.30 bits per heavy atom. The smallest absolute Gasteiger partial charge is 0.251 e. The van der Waals surface area contributed by atoms with Crippen LogP contribution >= 0.6 is 0 Å². The lowest BCUT2D eigenvalue weighted by atomic mass is 10.2. The van der Waals surface area contributed by atoms with Gasteiger partial charge in [-0.3, -0.25) is 9.59 Å². The van der Waals surface area contributed by atoms with E-state index in [1.807, 2.05) is 0 Å². The third kappa shape index (κ3) is 5.34. The molecule has 2 aromatic rings. The van der Waals surface area contributed by atoms with Gasteiger partial charge in [-0.2, -0.15) is 9.71 Å². The summed E-state index contributed by atoms with van der Waals surface area (Å²) in [6.45, 7) is 3.36. The monoisotopic (exact) mass is 395 g/mol. The zero-order valence-corrected chi connectivity index (χ0v) is 16.0. The van der Waals surface area contributed by atoms with Crippen LogP contribution in [0, 0.1) is 6.92 Å². The Hall–Kier alpha value is -2.79. The van der Waals surface area contributed by atoms with Crippen LogP contribution < -0.4 is 15.4 Å². The van der Waals surface area contributed by atoms with Crippen LogP contribution in [0.5, 0.6) is 0 Å². The Morgan fingerprint density at radius 2 is 2.04 bits per heavy atom. The number of likely N-dealkylation sites (N-methyl/N-ethyl adjacent to an activating group) is 1. The molecule has 2 amide bonds. The maximum Gasteiger partial charge on any atom is 0.251 e. The number of benzene rings is 1. The Morgan fingerprint density at radius 3 is 2.63 bits per heavy atom. The summed E-state index contributed by atoms with van der Waals surface area (Å²) in [4.78, 5) is 27.8. The van der Waals surface area contributed by atoms with Gasteiger partial charge in [0, 0.05) is 19.5 Å². The normalized spacial score (nSPS) is 12.4. The summed E-state index contributed by atoms with van der Waals surface area (Å²) in [5, 5.41) is 8.65. The van der Waals surface area contributed by atoms with Crippen LogP contribution in [-0.2, 0) is 21.4 Å². The van der Waals surface area contributed by atoms with Crippen molar-refractivity contribution in [2.75, 3.05) is 7.05 Å². The first-order valence-corrected chi connectivity index (χ1v) is 9.66. The highest BCUT2D eigenvalue weighted by Crippen LogP contribution is 2.13. The topological polar surface area (TPSA) is 143 Å².